The molecule has 0 aliphatic carbocycles. The van der Waals surface area contributed by atoms with E-state index >= 15 is 0 Å². The van der Waals surface area contributed by atoms with E-state index in [1.807, 2.05) is 73.7 Å². The summed E-state index contributed by atoms with van der Waals surface area (Å²) in [5, 5.41) is 5.28. The monoisotopic (exact) mass is 451 g/mol. The fourth-order valence-corrected chi connectivity index (χ4v) is 4.05. The van der Waals surface area contributed by atoms with Crippen molar-refractivity contribution in [1.82, 2.24) is 9.78 Å². The van der Waals surface area contributed by atoms with Gasteiger partial charge >= 0.3 is 0 Å². The predicted molar refractivity (Wildman–Crippen MR) is 134 cm³/mol. The lowest BCUT2D eigenvalue weighted by Gasteiger charge is -2.06. The average molecular weight is 452 g/mol. The van der Waals surface area contributed by atoms with Crippen LogP contribution in [0.2, 0.25) is 0 Å². The molecule has 0 saturated carbocycles. The first kappa shape index (κ1) is 21.4. The fraction of sp³-hybridized carbons (Fsp3) is 0.0714. The molecule has 0 spiro atoms. The van der Waals surface area contributed by atoms with E-state index in [1.54, 1.807) is 19.2 Å². The molecule has 0 saturated heterocycles. The van der Waals surface area contributed by atoms with E-state index < -0.39 is 0 Å². The molecule has 0 bridgehead atoms. The number of benzene rings is 4. The van der Waals surface area contributed by atoms with Gasteiger partial charge in [0, 0.05) is 10.9 Å². The highest BCUT2D eigenvalue weighted by Gasteiger charge is 2.20. The van der Waals surface area contributed by atoms with Crippen molar-refractivity contribution in [1.29, 1.82) is 0 Å². The molecule has 34 heavy (non-hydrogen) atoms. The molecule has 1 aromatic heterocycles. The summed E-state index contributed by atoms with van der Waals surface area (Å²) >= 11 is 0. The largest absolute Gasteiger partial charge is 0.497 e. The topological polar surface area (TPSA) is 59.4 Å². The second kappa shape index (κ2) is 8.83. The lowest BCUT2D eigenvalue weighted by atomic mass is 10.0. The molecular weight excluding hydrogens is 429 g/mol. The number of ether oxygens (including phenoxy) is 1. The summed E-state index contributed by atoms with van der Waals surface area (Å²) in [6, 6.07) is 27.1. The second-order valence-electron chi connectivity index (χ2n) is 7.90. The van der Waals surface area contributed by atoms with E-state index in [0.29, 0.717) is 28.4 Å². The molecule has 5 nitrogen and oxygen atoms in total. The number of nitrogens with one attached hydrogen (secondary N) is 1. The van der Waals surface area contributed by atoms with Crippen molar-refractivity contribution in [3.63, 3.8) is 0 Å². The van der Waals surface area contributed by atoms with Crippen molar-refractivity contribution in [2.45, 2.75) is 6.92 Å². The normalized spacial score (nSPS) is 11.7. The molecule has 1 N–H and O–H groups in total. The van der Waals surface area contributed by atoms with Gasteiger partial charge in [-0.2, -0.15) is 0 Å². The summed E-state index contributed by atoms with van der Waals surface area (Å²) in [5.74, 6) is 0.347. The van der Waals surface area contributed by atoms with Gasteiger partial charge in [0.05, 0.1) is 35.5 Å². The molecule has 6 heteroatoms. The minimum Gasteiger partial charge on any atom is -0.497 e. The van der Waals surface area contributed by atoms with Crippen LogP contribution in [0, 0.1) is 5.82 Å². The first-order valence-corrected chi connectivity index (χ1v) is 10.8. The lowest BCUT2D eigenvalue weighted by molar-refractivity contribution is 0.415. The third kappa shape index (κ3) is 3.90. The number of fused-ring (bicyclic) bond motifs is 1. The standard InChI is InChI=1S/C28H22FN3O2/c1-18(30-25-9-5-7-19-6-3-4-8-24(19)25)26-27(20-10-16-23(34-2)17-11-20)31-32(28(26)33)22-14-12-21(29)13-15-22/h3-17,31H,1-2H3. The highest BCUT2D eigenvalue weighted by molar-refractivity contribution is 6.06. The lowest BCUT2D eigenvalue weighted by Crippen LogP contribution is -2.19. The van der Waals surface area contributed by atoms with Crippen LogP contribution in [0.25, 0.3) is 27.7 Å². The Morgan fingerprint density at radius 3 is 2.35 bits per heavy atom. The zero-order chi connectivity index (χ0) is 23.7. The molecule has 1 heterocycles. The van der Waals surface area contributed by atoms with Gasteiger partial charge in [-0.1, -0.05) is 36.4 Å². The summed E-state index contributed by atoms with van der Waals surface area (Å²) < 4.78 is 20.2. The van der Waals surface area contributed by atoms with Crippen molar-refractivity contribution in [2.75, 3.05) is 7.11 Å². The molecule has 0 unspecified atom stereocenters. The Hall–Kier alpha value is -4.45. The molecule has 168 valence electrons. The number of aromatic nitrogens is 2. The van der Waals surface area contributed by atoms with E-state index in [2.05, 4.69) is 5.10 Å². The maximum Gasteiger partial charge on any atom is 0.280 e. The molecular formula is C28H22FN3O2. The van der Waals surface area contributed by atoms with Gasteiger partial charge < -0.3 is 4.74 Å². The Bertz CT molecular complexity index is 1560. The number of nitrogens with zero attached hydrogens (tertiary/aromatic N) is 2. The van der Waals surface area contributed by atoms with Crippen LogP contribution >= 0.6 is 0 Å². The van der Waals surface area contributed by atoms with Crippen LogP contribution in [0.4, 0.5) is 10.1 Å². The molecule has 0 amide bonds. The molecule has 0 radical (unpaired) electrons. The van der Waals surface area contributed by atoms with E-state index in [1.165, 1.54) is 16.8 Å². The highest BCUT2D eigenvalue weighted by Crippen LogP contribution is 2.28. The second-order valence-corrected chi connectivity index (χ2v) is 7.90. The zero-order valence-electron chi connectivity index (χ0n) is 18.7. The fourth-order valence-electron chi connectivity index (χ4n) is 4.05. The van der Waals surface area contributed by atoms with Crippen LogP contribution in [-0.2, 0) is 0 Å². The van der Waals surface area contributed by atoms with E-state index in [4.69, 9.17) is 9.73 Å². The zero-order valence-corrected chi connectivity index (χ0v) is 18.7. The number of aliphatic imine (C=N–C) groups is 1. The van der Waals surface area contributed by atoms with E-state index in [-0.39, 0.29) is 11.4 Å². The number of aromatic amines is 1. The van der Waals surface area contributed by atoms with Crippen molar-refractivity contribution in [3.05, 3.63) is 113 Å². The van der Waals surface area contributed by atoms with Gasteiger partial charge in [0.25, 0.3) is 5.56 Å². The van der Waals surface area contributed by atoms with Crippen molar-refractivity contribution in [3.8, 4) is 22.7 Å². The van der Waals surface area contributed by atoms with Gasteiger partial charge in [-0.25, -0.2) is 9.07 Å². The van der Waals surface area contributed by atoms with Crippen molar-refractivity contribution in [2.24, 2.45) is 4.99 Å². The van der Waals surface area contributed by atoms with E-state index in [9.17, 15) is 9.18 Å². The van der Waals surface area contributed by atoms with Crippen LogP contribution < -0.4 is 10.3 Å². The van der Waals surface area contributed by atoms with Gasteiger partial charge in [-0.3, -0.25) is 14.9 Å². The number of H-pyrrole nitrogens is 1. The summed E-state index contributed by atoms with van der Waals surface area (Å²) in [5.41, 5.74) is 3.50. The summed E-state index contributed by atoms with van der Waals surface area (Å²) in [6.07, 6.45) is 0. The molecule has 0 atom stereocenters. The number of hydrogen-bond acceptors (Lipinski definition) is 3. The number of methoxy groups -OCH3 is 1. The highest BCUT2D eigenvalue weighted by atomic mass is 19.1. The van der Waals surface area contributed by atoms with Crippen LogP contribution in [0.15, 0.2) is 101 Å². The molecule has 0 aliphatic rings. The molecule has 5 rings (SSSR count). The third-order valence-electron chi connectivity index (χ3n) is 5.77. The minimum atomic E-state index is -0.368. The van der Waals surface area contributed by atoms with Crippen LogP contribution in [0.1, 0.15) is 12.5 Å². The van der Waals surface area contributed by atoms with Gasteiger partial charge in [0.2, 0.25) is 0 Å². The quantitative estimate of drug-likeness (QED) is 0.320. The van der Waals surface area contributed by atoms with Crippen molar-refractivity contribution >= 4 is 22.2 Å². The first-order valence-electron chi connectivity index (χ1n) is 10.8. The van der Waals surface area contributed by atoms with Crippen LogP contribution in [-0.4, -0.2) is 22.6 Å². The Morgan fingerprint density at radius 2 is 1.62 bits per heavy atom. The Morgan fingerprint density at radius 1 is 0.912 bits per heavy atom. The summed E-state index contributed by atoms with van der Waals surface area (Å²) in [6.45, 7) is 1.83. The van der Waals surface area contributed by atoms with Gasteiger partial charge in [0.1, 0.15) is 11.6 Å². The Labute approximate surface area is 195 Å². The molecule has 0 aliphatic heterocycles. The van der Waals surface area contributed by atoms with Crippen LogP contribution in [0.5, 0.6) is 5.75 Å². The van der Waals surface area contributed by atoms with Crippen molar-refractivity contribution < 1.29 is 9.13 Å². The van der Waals surface area contributed by atoms with E-state index in [0.717, 1.165) is 22.0 Å². The molecule has 5 aromatic rings. The average Bonchev–Trinajstić information content (AvgIpc) is 3.22. The number of hydrogen-bond donors (Lipinski definition) is 1. The maximum atomic E-state index is 13.6. The smallest absolute Gasteiger partial charge is 0.280 e. The molecule has 4 aromatic carbocycles. The van der Waals surface area contributed by atoms with Gasteiger partial charge in [-0.15, -0.1) is 0 Å². The number of rotatable bonds is 5. The molecule has 0 fully saturated rings. The summed E-state index contributed by atoms with van der Waals surface area (Å²) in [4.78, 5) is 18.5. The Kier molecular flexibility index (Phi) is 5.55. The SMILES string of the molecule is COc1ccc(-c2[nH]n(-c3ccc(F)cc3)c(=O)c2C(C)=Nc2cccc3ccccc23)cc1. The maximum absolute atomic E-state index is 13.6. The third-order valence-corrected chi connectivity index (χ3v) is 5.77. The first-order chi connectivity index (χ1) is 16.5. The van der Waals surface area contributed by atoms with Gasteiger partial charge in [0.15, 0.2) is 0 Å². The minimum absolute atomic E-state index is 0.265. The van der Waals surface area contributed by atoms with Gasteiger partial charge in [-0.05, 0) is 66.9 Å². The number of halogens is 1. The predicted octanol–water partition coefficient (Wildman–Crippen LogP) is 6.27. The summed E-state index contributed by atoms with van der Waals surface area (Å²) in [7, 11) is 1.61. The van der Waals surface area contributed by atoms with Crippen LogP contribution in [0.3, 0.4) is 0 Å². The Balaban J connectivity index is 1.71.